The van der Waals surface area contributed by atoms with E-state index in [0.29, 0.717) is 12.5 Å². The van der Waals surface area contributed by atoms with E-state index >= 15 is 0 Å². The fourth-order valence-electron chi connectivity index (χ4n) is 5.04. The number of benzene rings is 3. The molecular weight excluding hydrogens is 406 g/mol. The molecule has 0 radical (unpaired) electrons. The first-order chi connectivity index (χ1) is 16.0. The van der Waals surface area contributed by atoms with Crippen molar-refractivity contribution in [3.8, 4) is 0 Å². The molecule has 2 N–H and O–H groups in total. The number of hydrogen-bond donors (Lipinski definition) is 2. The summed E-state index contributed by atoms with van der Waals surface area (Å²) in [5, 5.41) is 5.89. The Morgan fingerprint density at radius 3 is 2.27 bits per heavy atom. The van der Waals surface area contributed by atoms with Crippen molar-refractivity contribution in [3.05, 3.63) is 95.6 Å². The van der Waals surface area contributed by atoms with Crippen LogP contribution in [0.1, 0.15) is 56.2 Å². The fraction of sp³-hybridized carbons (Fsp3) is 0.345. The molecule has 4 nitrogen and oxygen atoms in total. The van der Waals surface area contributed by atoms with Crippen LogP contribution in [0.3, 0.4) is 0 Å². The molecule has 0 bridgehead atoms. The molecule has 0 spiro atoms. The lowest BCUT2D eigenvalue weighted by molar-refractivity contribution is 0.252. The lowest BCUT2D eigenvalue weighted by Gasteiger charge is -2.47. The highest BCUT2D eigenvalue weighted by Gasteiger charge is 2.40. The van der Waals surface area contributed by atoms with E-state index in [4.69, 9.17) is 0 Å². The molecule has 2 heterocycles. The summed E-state index contributed by atoms with van der Waals surface area (Å²) in [6, 6.07) is 27.0. The van der Waals surface area contributed by atoms with E-state index < -0.39 is 0 Å². The summed E-state index contributed by atoms with van der Waals surface area (Å²) in [5.41, 5.74) is 6.31. The van der Waals surface area contributed by atoms with Crippen LogP contribution in [0.15, 0.2) is 78.9 Å². The minimum Gasteiger partial charge on any atom is -0.371 e. The smallest absolute Gasteiger partial charge is 0.319 e. The third-order valence-corrected chi connectivity index (χ3v) is 6.97. The molecule has 0 fully saturated rings. The molecule has 2 aliphatic rings. The maximum Gasteiger partial charge on any atom is 0.319 e. The maximum absolute atomic E-state index is 12.1. The predicted molar refractivity (Wildman–Crippen MR) is 138 cm³/mol. The molecule has 0 saturated carbocycles. The number of hydrogen-bond acceptors (Lipinski definition) is 2. The molecule has 2 atom stereocenters. The lowest BCUT2D eigenvalue weighted by atomic mass is 9.68. The SMILES string of the molecule is CCNC(=O)Nc1cc2c3c(c1)[C@](C)(c1ccccc1)CCN3CCC2C.c1ccccc1. The van der Waals surface area contributed by atoms with Gasteiger partial charge in [-0.3, -0.25) is 0 Å². The second-order valence-corrected chi connectivity index (χ2v) is 9.23. The summed E-state index contributed by atoms with van der Waals surface area (Å²) in [5.74, 6) is 0.504. The van der Waals surface area contributed by atoms with E-state index in [2.05, 4.69) is 71.8 Å². The van der Waals surface area contributed by atoms with E-state index in [9.17, 15) is 4.79 Å². The second kappa shape index (κ2) is 10.1. The third kappa shape index (κ3) is 4.90. The van der Waals surface area contributed by atoms with Gasteiger partial charge in [-0.2, -0.15) is 0 Å². The predicted octanol–water partition coefficient (Wildman–Crippen LogP) is 6.54. The van der Waals surface area contributed by atoms with Gasteiger partial charge in [0.05, 0.1) is 0 Å². The summed E-state index contributed by atoms with van der Waals surface area (Å²) in [4.78, 5) is 14.7. The molecule has 2 aliphatic heterocycles. The zero-order chi connectivity index (χ0) is 23.3. The summed E-state index contributed by atoms with van der Waals surface area (Å²) < 4.78 is 0. The highest BCUT2D eigenvalue weighted by atomic mass is 16.2. The standard InChI is InChI=1S/C23H29N3O.C6H6/c1-4-24-22(27)25-18-14-19-16(2)10-12-26-13-11-23(3,20(15-18)21(19)26)17-8-6-5-7-9-17;1-2-4-6-5-3-1/h5-9,14-16H,4,10-13H2,1-3H3,(H2,24,25,27);1-6H/t16?,23-;/m0./s1. The van der Waals surface area contributed by atoms with Gasteiger partial charge in [0.2, 0.25) is 0 Å². The van der Waals surface area contributed by atoms with Gasteiger partial charge in [0.1, 0.15) is 0 Å². The van der Waals surface area contributed by atoms with Crippen molar-refractivity contribution in [3.63, 3.8) is 0 Å². The van der Waals surface area contributed by atoms with Crippen molar-refractivity contribution < 1.29 is 4.79 Å². The Bertz CT molecular complexity index is 1040. The number of carbonyl (C=O) groups excluding carboxylic acids is 1. The van der Waals surface area contributed by atoms with Gasteiger partial charge in [-0.05, 0) is 54.5 Å². The topological polar surface area (TPSA) is 44.4 Å². The van der Waals surface area contributed by atoms with Crippen LogP contribution in [0, 0.1) is 0 Å². The van der Waals surface area contributed by atoms with Crippen LogP contribution in [0.4, 0.5) is 16.2 Å². The Labute approximate surface area is 198 Å². The van der Waals surface area contributed by atoms with Gasteiger partial charge in [-0.15, -0.1) is 0 Å². The van der Waals surface area contributed by atoms with Crippen LogP contribution in [-0.2, 0) is 5.41 Å². The molecule has 172 valence electrons. The van der Waals surface area contributed by atoms with Gasteiger partial charge in [0, 0.05) is 36.4 Å². The highest BCUT2D eigenvalue weighted by Crippen LogP contribution is 2.50. The number of anilines is 2. The van der Waals surface area contributed by atoms with Crippen molar-refractivity contribution in [1.82, 2.24) is 5.32 Å². The third-order valence-electron chi connectivity index (χ3n) is 6.97. The van der Waals surface area contributed by atoms with Crippen LogP contribution in [0.2, 0.25) is 0 Å². The maximum atomic E-state index is 12.1. The minimum atomic E-state index is -0.137. The Morgan fingerprint density at radius 1 is 1.00 bits per heavy atom. The summed E-state index contributed by atoms with van der Waals surface area (Å²) >= 11 is 0. The van der Waals surface area contributed by atoms with E-state index in [1.54, 1.807) is 0 Å². The molecule has 0 aliphatic carbocycles. The van der Waals surface area contributed by atoms with Gasteiger partial charge in [-0.1, -0.05) is 80.6 Å². The van der Waals surface area contributed by atoms with Gasteiger partial charge < -0.3 is 15.5 Å². The van der Waals surface area contributed by atoms with Gasteiger partial charge in [-0.25, -0.2) is 4.79 Å². The highest BCUT2D eigenvalue weighted by molar-refractivity contribution is 5.90. The van der Waals surface area contributed by atoms with Crippen molar-refractivity contribution in [1.29, 1.82) is 0 Å². The summed E-state index contributed by atoms with van der Waals surface area (Å²) in [7, 11) is 0. The molecule has 5 rings (SSSR count). The lowest BCUT2D eigenvalue weighted by Crippen LogP contribution is -2.43. The number of nitrogens with one attached hydrogen (secondary N) is 2. The number of urea groups is 1. The average Bonchev–Trinajstić information content (AvgIpc) is 2.85. The van der Waals surface area contributed by atoms with E-state index in [-0.39, 0.29) is 11.4 Å². The van der Waals surface area contributed by atoms with Crippen molar-refractivity contribution in [2.24, 2.45) is 0 Å². The van der Waals surface area contributed by atoms with E-state index in [1.165, 1.54) is 28.8 Å². The molecule has 1 unspecified atom stereocenters. The quantitative estimate of drug-likeness (QED) is 0.485. The van der Waals surface area contributed by atoms with Crippen LogP contribution < -0.4 is 15.5 Å². The molecular formula is C29H35N3O. The summed E-state index contributed by atoms with van der Waals surface area (Å²) in [6.07, 6.45) is 2.25. The number of amides is 2. The van der Waals surface area contributed by atoms with Crippen molar-refractivity contribution >= 4 is 17.4 Å². The zero-order valence-electron chi connectivity index (χ0n) is 20.0. The van der Waals surface area contributed by atoms with Crippen LogP contribution >= 0.6 is 0 Å². The zero-order valence-corrected chi connectivity index (χ0v) is 20.0. The molecule has 3 aromatic carbocycles. The molecule has 0 aromatic heterocycles. The first-order valence-corrected chi connectivity index (χ1v) is 12.1. The molecule has 0 saturated heterocycles. The Morgan fingerprint density at radius 2 is 1.64 bits per heavy atom. The van der Waals surface area contributed by atoms with E-state index in [0.717, 1.165) is 25.2 Å². The van der Waals surface area contributed by atoms with Gasteiger partial charge in [0.15, 0.2) is 0 Å². The van der Waals surface area contributed by atoms with Gasteiger partial charge >= 0.3 is 6.03 Å². The average molecular weight is 442 g/mol. The monoisotopic (exact) mass is 441 g/mol. The number of rotatable bonds is 3. The van der Waals surface area contributed by atoms with Crippen LogP contribution in [0.5, 0.6) is 0 Å². The van der Waals surface area contributed by atoms with Crippen LogP contribution in [0.25, 0.3) is 0 Å². The molecule has 33 heavy (non-hydrogen) atoms. The minimum absolute atomic E-state index is 0.0438. The van der Waals surface area contributed by atoms with E-state index in [1.807, 2.05) is 43.3 Å². The largest absolute Gasteiger partial charge is 0.371 e. The molecule has 4 heteroatoms. The molecule has 3 aromatic rings. The first kappa shape index (κ1) is 22.9. The number of carbonyl (C=O) groups is 1. The fourth-order valence-corrected chi connectivity index (χ4v) is 5.04. The van der Waals surface area contributed by atoms with Crippen molar-refractivity contribution in [2.45, 2.75) is 44.9 Å². The Balaban J connectivity index is 0.000000376. The molecule has 2 amide bonds. The normalized spacial score (nSPS) is 20.7. The second-order valence-electron chi connectivity index (χ2n) is 9.23. The van der Waals surface area contributed by atoms with Gasteiger partial charge in [0.25, 0.3) is 0 Å². The van der Waals surface area contributed by atoms with Crippen LogP contribution in [-0.4, -0.2) is 25.7 Å². The summed E-state index contributed by atoms with van der Waals surface area (Å²) in [6.45, 7) is 9.41. The number of nitrogens with zero attached hydrogens (tertiary/aromatic N) is 1. The Kier molecular flexibility index (Phi) is 7.02. The first-order valence-electron chi connectivity index (χ1n) is 12.1. The van der Waals surface area contributed by atoms with Crippen molar-refractivity contribution in [2.75, 3.05) is 29.9 Å². The Hall–Kier alpha value is -3.27.